The summed E-state index contributed by atoms with van der Waals surface area (Å²) in [5, 5.41) is 35.2. The molecular formula is C20H29N5O8S. The van der Waals surface area contributed by atoms with E-state index in [2.05, 4.69) is 28.6 Å². The van der Waals surface area contributed by atoms with Crippen LogP contribution >= 0.6 is 12.6 Å². The maximum Gasteiger partial charge on any atom is 0.328 e. The predicted octanol–water partition coefficient (Wildman–Crippen LogP) is -3.01. The summed E-state index contributed by atoms with van der Waals surface area (Å²) in [5.41, 5.74) is 11.1. The molecule has 0 spiro atoms. The van der Waals surface area contributed by atoms with E-state index in [-0.39, 0.29) is 17.9 Å². The van der Waals surface area contributed by atoms with Crippen LogP contribution in [0.4, 0.5) is 0 Å². The lowest BCUT2D eigenvalue weighted by atomic mass is 10.0. The number of nitrogens with one attached hydrogen (secondary N) is 3. The minimum absolute atomic E-state index is 0.0287. The molecule has 0 bridgehead atoms. The number of carbonyl (C=O) groups is 5. The van der Waals surface area contributed by atoms with Gasteiger partial charge in [-0.1, -0.05) is 12.1 Å². The molecule has 1 aromatic rings. The Balaban J connectivity index is 3.05. The number of carbonyl (C=O) groups excluding carboxylic acids is 4. The summed E-state index contributed by atoms with van der Waals surface area (Å²) < 4.78 is 0. The van der Waals surface area contributed by atoms with E-state index in [0.29, 0.717) is 5.56 Å². The van der Waals surface area contributed by atoms with Crippen LogP contribution < -0.4 is 27.4 Å². The second kappa shape index (κ2) is 13.4. The molecule has 1 aromatic carbocycles. The third-order valence-electron chi connectivity index (χ3n) is 4.63. The molecule has 0 aromatic heterocycles. The van der Waals surface area contributed by atoms with Gasteiger partial charge in [-0.05, 0) is 24.6 Å². The van der Waals surface area contributed by atoms with E-state index >= 15 is 0 Å². The van der Waals surface area contributed by atoms with Gasteiger partial charge in [-0.25, -0.2) is 4.79 Å². The molecule has 0 aliphatic carbocycles. The number of phenols is 1. The zero-order valence-electron chi connectivity index (χ0n) is 18.3. The highest BCUT2D eigenvalue weighted by molar-refractivity contribution is 7.80. The first kappa shape index (κ1) is 28.7. The van der Waals surface area contributed by atoms with Crippen molar-refractivity contribution in [3.63, 3.8) is 0 Å². The molecule has 14 heteroatoms. The number of phenolic OH excluding ortho intramolecular Hbond substituents is 1. The second-order valence-electron chi connectivity index (χ2n) is 7.52. The van der Waals surface area contributed by atoms with Gasteiger partial charge in [-0.3, -0.25) is 19.2 Å². The zero-order chi connectivity index (χ0) is 26.0. The van der Waals surface area contributed by atoms with Crippen molar-refractivity contribution in [1.82, 2.24) is 16.0 Å². The van der Waals surface area contributed by atoms with Crippen LogP contribution in [0, 0.1) is 0 Å². The zero-order valence-corrected chi connectivity index (χ0v) is 19.2. The average molecular weight is 500 g/mol. The first-order valence-corrected chi connectivity index (χ1v) is 10.7. The summed E-state index contributed by atoms with van der Waals surface area (Å²) in [7, 11) is 0. The molecule has 10 N–H and O–H groups in total. The molecule has 188 valence electrons. The lowest BCUT2D eigenvalue weighted by molar-refractivity contribution is -0.145. The molecule has 0 heterocycles. The van der Waals surface area contributed by atoms with E-state index < -0.39 is 66.3 Å². The number of hydrogen-bond donors (Lipinski definition) is 9. The number of nitrogens with two attached hydrogens (primary N) is 2. The van der Waals surface area contributed by atoms with Crippen molar-refractivity contribution in [2.24, 2.45) is 11.5 Å². The number of benzene rings is 1. The summed E-state index contributed by atoms with van der Waals surface area (Å²) in [4.78, 5) is 60.0. The molecular weight excluding hydrogens is 470 g/mol. The van der Waals surface area contributed by atoms with Gasteiger partial charge in [0.25, 0.3) is 0 Å². The van der Waals surface area contributed by atoms with E-state index in [9.17, 15) is 39.3 Å². The fourth-order valence-corrected chi connectivity index (χ4v) is 3.03. The van der Waals surface area contributed by atoms with Gasteiger partial charge in [-0.2, -0.15) is 12.6 Å². The monoisotopic (exact) mass is 499 g/mol. The fraction of sp³-hybridized carbons (Fsp3) is 0.450. The minimum Gasteiger partial charge on any atom is -0.508 e. The summed E-state index contributed by atoms with van der Waals surface area (Å²) in [6.45, 7) is 1.18. The van der Waals surface area contributed by atoms with E-state index in [1.807, 2.05) is 0 Å². The molecule has 0 aliphatic heterocycles. The number of hydrogen-bond acceptors (Lipinski definition) is 9. The van der Waals surface area contributed by atoms with Crippen LogP contribution in [-0.2, 0) is 30.4 Å². The first-order chi connectivity index (χ1) is 15.8. The molecule has 0 fully saturated rings. The topological polar surface area (TPSA) is 234 Å². The van der Waals surface area contributed by atoms with Crippen molar-refractivity contribution >= 4 is 42.2 Å². The SMILES string of the molecule is CC(O)C(NC(=O)C(Cc1ccc(O)cc1)NC(=O)C(CS)NC(=O)C(N)CC(N)=O)C(=O)O. The van der Waals surface area contributed by atoms with Gasteiger partial charge < -0.3 is 42.7 Å². The summed E-state index contributed by atoms with van der Waals surface area (Å²) in [6, 6.07) is 0.188. The Morgan fingerprint density at radius 3 is 1.97 bits per heavy atom. The normalized spacial score (nSPS) is 15.2. The number of amides is 4. The van der Waals surface area contributed by atoms with Crippen LogP contribution in [0.1, 0.15) is 18.9 Å². The Bertz CT molecular complexity index is 895. The van der Waals surface area contributed by atoms with Gasteiger partial charge >= 0.3 is 5.97 Å². The smallest absolute Gasteiger partial charge is 0.328 e. The highest BCUT2D eigenvalue weighted by atomic mass is 32.1. The quantitative estimate of drug-likeness (QED) is 0.125. The van der Waals surface area contributed by atoms with Crippen LogP contribution in [0.15, 0.2) is 24.3 Å². The van der Waals surface area contributed by atoms with Gasteiger partial charge in [0.15, 0.2) is 6.04 Å². The summed E-state index contributed by atoms with van der Waals surface area (Å²) in [6.07, 6.45) is -1.99. The van der Waals surface area contributed by atoms with Crippen molar-refractivity contribution in [2.45, 2.75) is 50.0 Å². The summed E-state index contributed by atoms with van der Waals surface area (Å²) in [5.74, 6) is -5.11. The lowest BCUT2D eigenvalue weighted by Crippen LogP contribution is -2.59. The number of thiol groups is 1. The third-order valence-corrected chi connectivity index (χ3v) is 4.99. The Labute approximate surface area is 200 Å². The van der Waals surface area contributed by atoms with Crippen LogP contribution in [0.25, 0.3) is 0 Å². The molecule has 0 aliphatic rings. The number of aliphatic carboxylic acids is 1. The molecule has 5 unspecified atom stereocenters. The van der Waals surface area contributed by atoms with Gasteiger partial charge in [0.05, 0.1) is 18.6 Å². The van der Waals surface area contributed by atoms with E-state index in [1.54, 1.807) is 0 Å². The first-order valence-electron chi connectivity index (χ1n) is 10.1. The number of aliphatic hydroxyl groups excluding tert-OH is 1. The largest absolute Gasteiger partial charge is 0.508 e. The maximum atomic E-state index is 12.8. The van der Waals surface area contributed by atoms with Crippen LogP contribution in [-0.4, -0.2) is 80.9 Å². The maximum absolute atomic E-state index is 12.8. The molecule has 0 radical (unpaired) electrons. The molecule has 34 heavy (non-hydrogen) atoms. The Morgan fingerprint density at radius 1 is 0.971 bits per heavy atom. The minimum atomic E-state index is -1.64. The van der Waals surface area contributed by atoms with E-state index in [1.165, 1.54) is 31.2 Å². The number of primary amides is 1. The summed E-state index contributed by atoms with van der Waals surface area (Å²) >= 11 is 4.01. The second-order valence-corrected chi connectivity index (χ2v) is 7.88. The fourth-order valence-electron chi connectivity index (χ4n) is 2.77. The molecule has 13 nitrogen and oxygen atoms in total. The highest BCUT2D eigenvalue weighted by Crippen LogP contribution is 2.12. The van der Waals surface area contributed by atoms with Crippen molar-refractivity contribution in [3.05, 3.63) is 29.8 Å². The standard InChI is InChI=1S/C20H29N5O8S/c1-9(26)16(20(32)33)25-18(30)13(6-10-2-4-11(27)5-3-10)23-19(31)14(8-34)24-17(29)12(21)7-15(22)28/h2-5,9,12-14,16,26-27,34H,6-8,21H2,1H3,(H2,22,28)(H,23,31)(H,24,29)(H,25,30)(H,32,33). The lowest BCUT2D eigenvalue weighted by Gasteiger charge is -2.25. The predicted molar refractivity (Wildman–Crippen MR) is 123 cm³/mol. The van der Waals surface area contributed by atoms with Crippen LogP contribution in [0.3, 0.4) is 0 Å². The number of carboxylic acids is 1. The van der Waals surface area contributed by atoms with Gasteiger partial charge in [0, 0.05) is 12.2 Å². The van der Waals surface area contributed by atoms with Gasteiger partial charge in [-0.15, -0.1) is 0 Å². The van der Waals surface area contributed by atoms with Gasteiger partial charge in [0.2, 0.25) is 23.6 Å². The van der Waals surface area contributed by atoms with Crippen LogP contribution in [0.5, 0.6) is 5.75 Å². The Kier molecular flexibility index (Phi) is 11.3. The number of aromatic hydroxyl groups is 1. The highest BCUT2D eigenvalue weighted by Gasteiger charge is 2.31. The number of rotatable bonds is 13. The third kappa shape index (κ3) is 9.25. The van der Waals surface area contributed by atoms with E-state index in [4.69, 9.17) is 11.5 Å². The number of carboxylic acid groups (broad SMARTS) is 1. The Morgan fingerprint density at radius 2 is 1.50 bits per heavy atom. The van der Waals surface area contributed by atoms with E-state index in [0.717, 1.165) is 0 Å². The van der Waals surface area contributed by atoms with Gasteiger partial charge in [0.1, 0.15) is 17.8 Å². The molecule has 4 amide bonds. The molecule has 0 saturated heterocycles. The molecule has 1 rings (SSSR count). The molecule has 0 saturated carbocycles. The van der Waals surface area contributed by atoms with Crippen molar-refractivity contribution in [1.29, 1.82) is 0 Å². The Hall–Kier alpha value is -3.36. The van der Waals surface area contributed by atoms with Crippen molar-refractivity contribution in [2.75, 3.05) is 5.75 Å². The van der Waals surface area contributed by atoms with Crippen molar-refractivity contribution in [3.8, 4) is 5.75 Å². The average Bonchev–Trinajstić information content (AvgIpc) is 2.75. The number of aliphatic hydroxyl groups is 1. The molecule has 5 atom stereocenters. The van der Waals surface area contributed by atoms with Crippen LogP contribution in [0.2, 0.25) is 0 Å². The van der Waals surface area contributed by atoms with Crippen molar-refractivity contribution < 1.29 is 39.3 Å².